The minimum absolute atomic E-state index is 0.235. The standard InChI is InChI=1S/C16H21FN2O2/c1-3-7-21-16-10-15(14(18)9-13(16)17)19(4-2)11-12-6-5-8-20-12/h5-6,8-10H,3-4,7,11,18H2,1-2H3. The third kappa shape index (κ3) is 3.68. The van der Waals surface area contributed by atoms with Gasteiger partial charge in [-0.3, -0.25) is 0 Å². The van der Waals surface area contributed by atoms with Gasteiger partial charge in [0.25, 0.3) is 0 Å². The second-order valence-electron chi connectivity index (χ2n) is 4.78. The van der Waals surface area contributed by atoms with Crippen LogP contribution in [0.1, 0.15) is 26.0 Å². The molecule has 0 amide bonds. The highest BCUT2D eigenvalue weighted by atomic mass is 19.1. The molecule has 0 aliphatic carbocycles. The molecule has 1 aromatic heterocycles. The quantitative estimate of drug-likeness (QED) is 0.788. The highest BCUT2D eigenvalue weighted by Gasteiger charge is 2.15. The zero-order valence-electron chi connectivity index (χ0n) is 12.4. The summed E-state index contributed by atoms with van der Waals surface area (Å²) >= 11 is 0. The van der Waals surface area contributed by atoms with Crippen LogP contribution in [0.5, 0.6) is 5.75 Å². The largest absolute Gasteiger partial charge is 0.490 e. The third-order valence-electron chi connectivity index (χ3n) is 3.19. The Labute approximate surface area is 124 Å². The van der Waals surface area contributed by atoms with E-state index >= 15 is 0 Å². The highest BCUT2D eigenvalue weighted by Crippen LogP contribution is 2.32. The van der Waals surface area contributed by atoms with Gasteiger partial charge in [-0.25, -0.2) is 4.39 Å². The molecular weight excluding hydrogens is 271 g/mol. The van der Waals surface area contributed by atoms with Crippen LogP contribution in [0, 0.1) is 5.82 Å². The fourth-order valence-corrected chi connectivity index (χ4v) is 2.11. The predicted molar refractivity (Wildman–Crippen MR) is 82.0 cm³/mol. The molecule has 0 atom stereocenters. The topological polar surface area (TPSA) is 51.6 Å². The van der Waals surface area contributed by atoms with E-state index in [1.54, 1.807) is 12.3 Å². The molecule has 0 radical (unpaired) electrons. The highest BCUT2D eigenvalue weighted by molar-refractivity contribution is 5.70. The maximum absolute atomic E-state index is 13.9. The van der Waals surface area contributed by atoms with Gasteiger partial charge in [0.2, 0.25) is 0 Å². The molecule has 2 N–H and O–H groups in total. The van der Waals surface area contributed by atoms with E-state index in [1.807, 2.05) is 30.9 Å². The molecule has 0 saturated heterocycles. The minimum Gasteiger partial charge on any atom is -0.490 e. The van der Waals surface area contributed by atoms with Crippen molar-refractivity contribution in [2.24, 2.45) is 0 Å². The summed E-state index contributed by atoms with van der Waals surface area (Å²) in [5.41, 5.74) is 7.10. The molecule has 4 nitrogen and oxygen atoms in total. The maximum Gasteiger partial charge on any atom is 0.167 e. The number of anilines is 2. The molecule has 0 saturated carbocycles. The van der Waals surface area contributed by atoms with Crippen molar-refractivity contribution in [1.82, 2.24) is 0 Å². The fraction of sp³-hybridized carbons (Fsp3) is 0.375. The zero-order chi connectivity index (χ0) is 15.2. The van der Waals surface area contributed by atoms with Gasteiger partial charge < -0.3 is 19.8 Å². The van der Waals surface area contributed by atoms with E-state index in [9.17, 15) is 4.39 Å². The van der Waals surface area contributed by atoms with Crippen molar-refractivity contribution in [1.29, 1.82) is 0 Å². The molecule has 0 aliphatic rings. The first kappa shape index (κ1) is 15.2. The molecule has 114 valence electrons. The van der Waals surface area contributed by atoms with E-state index < -0.39 is 5.82 Å². The van der Waals surface area contributed by atoms with Crippen molar-refractivity contribution < 1.29 is 13.5 Å². The van der Waals surface area contributed by atoms with Crippen LogP contribution >= 0.6 is 0 Å². The number of hydrogen-bond acceptors (Lipinski definition) is 4. The second kappa shape index (κ2) is 7.02. The lowest BCUT2D eigenvalue weighted by Crippen LogP contribution is -2.23. The van der Waals surface area contributed by atoms with E-state index in [0.717, 1.165) is 24.4 Å². The normalized spacial score (nSPS) is 10.6. The third-order valence-corrected chi connectivity index (χ3v) is 3.19. The van der Waals surface area contributed by atoms with Gasteiger partial charge in [-0.1, -0.05) is 6.92 Å². The van der Waals surface area contributed by atoms with E-state index in [1.165, 1.54) is 6.07 Å². The van der Waals surface area contributed by atoms with E-state index in [0.29, 0.717) is 18.8 Å². The minimum atomic E-state index is -0.432. The number of nitrogen functional groups attached to an aromatic ring is 1. The number of nitrogens with two attached hydrogens (primary N) is 1. The van der Waals surface area contributed by atoms with Crippen LogP contribution < -0.4 is 15.4 Å². The fourth-order valence-electron chi connectivity index (χ4n) is 2.11. The Morgan fingerprint density at radius 2 is 2.14 bits per heavy atom. The van der Waals surface area contributed by atoms with Gasteiger partial charge in [-0.15, -0.1) is 0 Å². The monoisotopic (exact) mass is 292 g/mol. The number of halogens is 1. The molecule has 2 rings (SSSR count). The predicted octanol–water partition coefficient (Wildman–Crippen LogP) is 3.82. The van der Waals surface area contributed by atoms with E-state index in [2.05, 4.69) is 0 Å². The Morgan fingerprint density at radius 1 is 1.33 bits per heavy atom. The van der Waals surface area contributed by atoms with Crippen LogP contribution in [0.3, 0.4) is 0 Å². The lowest BCUT2D eigenvalue weighted by Gasteiger charge is -2.24. The number of benzene rings is 1. The van der Waals surface area contributed by atoms with Crippen molar-refractivity contribution in [2.75, 3.05) is 23.8 Å². The van der Waals surface area contributed by atoms with Gasteiger partial charge in [0.15, 0.2) is 11.6 Å². The van der Waals surface area contributed by atoms with Crippen LogP contribution in [-0.4, -0.2) is 13.2 Å². The van der Waals surface area contributed by atoms with Crippen LogP contribution in [0.15, 0.2) is 34.9 Å². The van der Waals surface area contributed by atoms with Crippen molar-refractivity contribution >= 4 is 11.4 Å². The van der Waals surface area contributed by atoms with Gasteiger partial charge in [0, 0.05) is 18.7 Å². The molecule has 0 spiro atoms. The van der Waals surface area contributed by atoms with Crippen molar-refractivity contribution in [3.05, 3.63) is 42.1 Å². The number of hydrogen-bond donors (Lipinski definition) is 1. The Bertz CT molecular complexity index is 570. The second-order valence-corrected chi connectivity index (χ2v) is 4.78. The van der Waals surface area contributed by atoms with Crippen molar-refractivity contribution in [3.8, 4) is 5.75 Å². The van der Waals surface area contributed by atoms with Crippen molar-refractivity contribution in [3.63, 3.8) is 0 Å². The lowest BCUT2D eigenvalue weighted by molar-refractivity contribution is 0.301. The SMILES string of the molecule is CCCOc1cc(N(CC)Cc2ccco2)c(N)cc1F. The lowest BCUT2D eigenvalue weighted by atomic mass is 10.2. The van der Waals surface area contributed by atoms with Crippen molar-refractivity contribution in [2.45, 2.75) is 26.8 Å². The Balaban J connectivity index is 2.26. The number of ether oxygens (including phenoxy) is 1. The molecule has 2 aromatic rings. The molecule has 0 bridgehead atoms. The molecule has 1 aromatic carbocycles. The Kier molecular flexibility index (Phi) is 5.09. The molecular formula is C16H21FN2O2. The van der Waals surface area contributed by atoms with Crippen LogP contribution in [0.4, 0.5) is 15.8 Å². The summed E-state index contributed by atoms with van der Waals surface area (Å²) in [6.45, 7) is 5.77. The molecule has 0 unspecified atom stereocenters. The van der Waals surface area contributed by atoms with Gasteiger partial charge in [0.05, 0.1) is 30.8 Å². The number of furan rings is 1. The smallest absolute Gasteiger partial charge is 0.167 e. The first-order valence-corrected chi connectivity index (χ1v) is 7.14. The molecule has 21 heavy (non-hydrogen) atoms. The Morgan fingerprint density at radius 3 is 2.76 bits per heavy atom. The van der Waals surface area contributed by atoms with Crippen LogP contribution in [0.2, 0.25) is 0 Å². The average Bonchev–Trinajstić information content (AvgIpc) is 2.97. The van der Waals surface area contributed by atoms with Crippen LogP contribution in [0.25, 0.3) is 0 Å². The van der Waals surface area contributed by atoms with Gasteiger partial charge in [0.1, 0.15) is 5.76 Å². The summed E-state index contributed by atoms with van der Waals surface area (Å²) in [6, 6.07) is 6.71. The van der Waals surface area contributed by atoms with Gasteiger partial charge >= 0.3 is 0 Å². The zero-order valence-corrected chi connectivity index (χ0v) is 12.4. The molecule has 0 fully saturated rings. The summed E-state index contributed by atoms with van der Waals surface area (Å²) in [7, 11) is 0. The van der Waals surface area contributed by atoms with E-state index in [4.69, 9.17) is 14.9 Å². The molecule has 5 heteroatoms. The summed E-state index contributed by atoms with van der Waals surface area (Å²) in [4.78, 5) is 2.02. The summed E-state index contributed by atoms with van der Waals surface area (Å²) in [6.07, 6.45) is 2.45. The summed E-state index contributed by atoms with van der Waals surface area (Å²) in [5.74, 6) is 0.634. The number of nitrogens with zero attached hydrogens (tertiary/aromatic N) is 1. The maximum atomic E-state index is 13.9. The van der Waals surface area contributed by atoms with E-state index in [-0.39, 0.29) is 5.75 Å². The first-order chi connectivity index (χ1) is 10.2. The summed E-state index contributed by atoms with van der Waals surface area (Å²) in [5, 5.41) is 0. The Hall–Kier alpha value is -2.17. The summed E-state index contributed by atoms with van der Waals surface area (Å²) < 4.78 is 24.6. The molecule has 0 aliphatic heterocycles. The van der Waals surface area contributed by atoms with Gasteiger partial charge in [-0.2, -0.15) is 0 Å². The number of rotatable bonds is 7. The first-order valence-electron chi connectivity index (χ1n) is 7.14. The molecule has 1 heterocycles. The van der Waals surface area contributed by atoms with Crippen LogP contribution in [-0.2, 0) is 6.54 Å². The average molecular weight is 292 g/mol. The van der Waals surface area contributed by atoms with Gasteiger partial charge in [-0.05, 0) is 25.5 Å².